The monoisotopic (exact) mass is 352 g/mol. The molecule has 1 N–H and O–H groups in total. The van der Waals surface area contributed by atoms with Crippen molar-refractivity contribution in [1.29, 1.82) is 0 Å². The first-order valence-electron chi connectivity index (χ1n) is 8.55. The minimum atomic E-state index is -0.109. The molecule has 26 heavy (non-hydrogen) atoms. The zero-order valence-electron chi connectivity index (χ0n) is 14.7. The average molecular weight is 352 g/mol. The van der Waals surface area contributed by atoms with Crippen molar-refractivity contribution in [2.75, 3.05) is 31.0 Å². The van der Waals surface area contributed by atoms with Crippen molar-refractivity contribution in [2.24, 2.45) is 5.92 Å². The van der Waals surface area contributed by atoms with Crippen LogP contribution in [0.1, 0.15) is 17.9 Å². The maximum Gasteiger partial charge on any atom is 0.264 e. The number of nitrogens with one attached hydrogen (secondary N) is 1. The first-order chi connectivity index (χ1) is 12.6. The minimum absolute atomic E-state index is 0.00326. The maximum atomic E-state index is 12.5. The maximum absolute atomic E-state index is 12.5. The number of amides is 2. The van der Waals surface area contributed by atoms with Crippen molar-refractivity contribution in [3.05, 3.63) is 48.0 Å². The van der Waals surface area contributed by atoms with Gasteiger partial charge in [-0.15, -0.1) is 0 Å². The number of anilines is 2. The number of fused-ring (bicyclic) bond motifs is 1. The summed E-state index contributed by atoms with van der Waals surface area (Å²) >= 11 is 0. The van der Waals surface area contributed by atoms with Crippen molar-refractivity contribution in [2.45, 2.75) is 12.3 Å². The molecule has 6 heteroatoms. The van der Waals surface area contributed by atoms with Crippen molar-refractivity contribution in [3.63, 3.8) is 0 Å². The molecule has 0 saturated heterocycles. The van der Waals surface area contributed by atoms with E-state index < -0.39 is 0 Å². The number of carbonyl (C=O) groups excluding carboxylic acids is 2. The Morgan fingerprint density at radius 1 is 1.23 bits per heavy atom. The Labute approximate surface area is 151 Å². The number of ether oxygens (including phenoxy) is 2. The van der Waals surface area contributed by atoms with Crippen LogP contribution in [0, 0.1) is 5.92 Å². The molecule has 2 atom stereocenters. The van der Waals surface area contributed by atoms with Crippen LogP contribution in [0.4, 0.5) is 11.4 Å². The lowest BCUT2D eigenvalue weighted by molar-refractivity contribution is -0.121. The third-order valence-electron chi connectivity index (χ3n) is 4.98. The Morgan fingerprint density at radius 3 is 2.73 bits per heavy atom. The van der Waals surface area contributed by atoms with Gasteiger partial charge in [0.1, 0.15) is 11.5 Å². The predicted octanol–water partition coefficient (Wildman–Crippen LogP) is 2.79. The molecule has 1 saturated carbocycles. The summed E-state index contributed by atoms with van der Waals surface area (Å²) < 4.78 is 10.6. The summed E-state index contributed by atoms with van der Waals surface area (Å²) in [6, 6.07) is 13.2. The third-order valence-corrected chi connectivity index (χ3v) is 4.98. The molecular formula is C20H20N2O4. The molecule has 2 unspecified atom stereocenters. The van der Waals surface area contributed by atoms with Crippen LogP contribution in [0.25, 0.3) is 0 Å². The van der Waals surface area contributed by atoms with E-state index >= 15 is 0 Å². The fourth-order valence-electron chi connectivity index (χ4n) is 3.29. The number of benzene rings is 2. The molecular weight excluding hydrogens is 332 g/mol. The van der Waals surface area contributed by atoms with Crippen molar-refractivity contribution >= 4 is 23.2 Å². The number of methoxy groups -OCH3 is 1. The van der Waals surface area contributed by atoms with E-state index in [0.29, 0.717) is 17.1 Å². The SMILES string of the molecule is COc1ccc(C2CC2C(=O)Nc2ccc3c(c2)N(C)C(=O)CO3)cc1. The van der Waals surface area contributed by atoms with Crippen LogP contribution in [-0.2, 0) is 9.59 Å². The molecule has 1 heterocycles. The van der Waals surface area contributed by atoms with E-state index in [1.54, 1.807) is 37.3 Å². The number of likely N-dealkylation sites (N-methyl/N-ethyl adjacent to an activating group) is 1. The highest BCUT2D eigenvalue weighted by Crippen LogP contribution is 2.48. The number of carbonyl (C=O) groups is 2. The standard InChI is InChI=1S/C20H20N2O4/c1-22-17-9-13(5-8-18(17)26-11-19(22)23)21-20(24)16-10-15(16)12-3-6-14(25-2)7-4-12/h3-9,15-16H,10-11H2,1-2H3,(H,21,24). The van der Waals surface area contributed by atoms with E-state index in [0.717, 1.165) is 17.7 Å². The Hall–Kier alpha value is -3.02. The average Bonchev–Trinajstić information content (AvgIpc) is 3.46. The van der Waals surface area contributed by atoms with E-state index in [-0.39, 0.29) is 30.3 Å². The molecule has 1 fully saturated rings. The minimum Gasteiger partial charge on any atom is -0.497 e. The highest BCUT2D eigenvalue weighted by molar-refractivity contribution is 6.00. The third kappa shape index (κ3) is 2.98. The summed E-state index contributed by atoms with van der Waals surface area (Å²) in [7, 11) is 3.34. The molecule has 134 valence electrons. The van der Waals surface area contributed by atoms with Crippen LogP contribution in [0.3, 0.4) is 0 Å². The van der Waals surface area contributed by atoms with Gasteiger partial charge in [-0.1, -0.05) is 12.1 Å². The Bertz CT molecular complexity index is 863. The van der Waals surface area contributed by atoms with Crippen molar-refractivity contribution < 1.29 is 19.1 Å². The molecule has 1 aliphatic heterocycles. The first-order valence-corrected chi connectivity index (χ1v) is 8.55. The van der Waals surface area contributed by atoms with E-state index in [1.807, 2.05) is 24.3 Å². The summed E-state index contributed by atoms with van der Waals surface area (Å²) in [5, 5.41) is 2.95. The van der Waals surface area contributed by atoms with E-state index in [2.05, 4.69) is 5.32 Å². The molecule has 0 spiro atoms. The normalized spacial score (nSPS) is 20.8. The van der Waals surface area contributed by atoms with Crippen LogP contribution in [-0.4, -0.2) is 32.6 Å². The number of rotatable bonds is 4. The molecule has 4 rings (SSSR count). The van der Waals surface area contributed by atoms with Crippen LogP contribution in [0.5, 0.6) is 11.5 Å². The van der Waals surface area contributed by atoms with Crippen LogP contribution in [0.15, 0.2) is 42.5 Å². The van der Waals surface area contributed by atoms with Crippen LogP contribution in [0.2, 0.25) is 0 Å². The molecule has 0 radical (unpaired) electrons. The number of hydrogen-bond acceptors (Lipinski definition) is 4. The van der Waals surface area contributed by atoms with Crippen molar-refractivity contribution in [1.82, 2.24) is 0 Å². The Kier molecular flexibility index (Phi) is 4.03. The van der Waals surface area contributed by atoms with E-state index in [9.17, 15) is 9.59 Å². The van der Waals surface area contributed by atoms with E-state index in [4.69, 9.17) is 9.47 Å². The summed E-state index contributed by atoms with van der Waals surface area (Å²) in [4.78, 5) is 25.9. The summed E-state index contributed by atoms with van der Waals surface area (Å²) in [6.07, 6.45) is 0.838. The fraction of sp³-hybridized carbons (Fsp3) is 0.300. The van der Waals surface area contributed by atoms with Gasteiger partial charge >= 0.3 is 0 Å². The van der Waals surface area contributed by atoms with Gasteiger partial charge in [-0.3, -0.25) is 9.59 Å². The number of hydrogen-bond donors (Lipinski definition) is 1. The molecule has 2 aliphatic rings. The lowest BCUT2D eigenvalue weighted by atomic mass is 10.1. The van der Waals surface area contributed by atoms with Gasteiger partial charge < -0.3 is 19.7 Å². The van der Waals surface area contributed by atoms with Gasteiger partial charge in [0, 0.05) is 18.7 Å². The highest BCUT2D eigenvalue weighted by Gasteiger charge is 2.44. The molecule has 0 bridgehead atoms. The molecule has 2 amide bonds. The predicted molar refractivity (Wildman–Crippen MR) is 97.8 cm³/mol. The first kappa shape index (κ1) is 16.4. The van der Waals surface area contributed by atoms with Gasteiger partial charge in [0.05, 0.1) is 12.8 Å². The van der Waals surface area contributed by atoms with Crippen LogP contribution >= 0.6 is 0 Å². The summed E-state index contributed by atoms with van der Waals surface area (Å²) in [6.45, 7) is 0.0425. The zero-order valence-corrected chi connectivity index (χ0v) is 14.7. The fourth-order valence-corrected chi connectivity index (χ4v) is 3.29. The summed E-state index contributed by atoms with van der Waals surface area (Å²) in [5.74, 6) is 1.55. The number of nitrogens with zero attached hydrogens (tertiary/aromatic N) is 1. The second-order valence-corrected chi connectivity index (χ2v) is 6.64. The van der Waals surface area contributed by atoms with Gasteiger partial charge in [0.15, 0.2) is 6.61 Å². The quantitative estimate of drug-likeness (QED) is 0.919. The van der Waals surface area contributed by atoms with E-state index in [1.165, 1.54) is 0 Å². The van der Waals surface area contributed by atoms with Gasteiger partial charge in [-0.05, 0) is 48.2 Å². The molecule has 2 aromatic rings. The molecule has 6 nitrogen and oxygen atoms in total. The summed E-state index contributed by atoms with van der Waals surface area (Å²) in [5.41, 5.74) is 2.48. The van der Waals surface area contributed by atoms with Gasteiger partial charge in [0.25, 0.3) is 5.91 Å². The smallest absolute Gasteiger partial charge is 0.264 e. The topological polar surface area (TPSA) is 67.9 Å². The second-order valence-electron chi connectivity index (χ2n) is 6.64. The zero-order chi connectivity index (χ0) is 18.3. The molecule has 1 aliphatic carbocycles. The Morgan fingerprint density at radius 2 is 2.00 bits per heavy atom. The largest absolute Gasteiger partial charge is 0.497 e. The van der Waals surface area contributed by atoms with Crippen molar-refractivity contribution in [3.8, 4) is 11.5 Å². The molecule has 0 aromatic heterocycles. The highest BCUT2D eigenvalue weighted by atomic mass is 16.5. The Balaban J connectivity index is 1.43. The second kappa shape index (κ2) is 6.37. The van der Waals surface area contributed by atoms with Gasteiger partial charge in [0.2, 0.25) is 5.91 Å². The molecule has 2 aromatic carbocycles. The lowest BCUT2D eigenvalue weighted by Gasteiger charge is -2.26. The van der Waals surface area contributed by atoms with Gasteiger partial charge in [-0.2, -0.15) is 0 Å². The lowest BCUT2D eigenvalue weighted by Crippen LogP contribution is -2.35. The van der Waals surface area contributed by atoms with Crippen LogP contribution < -0.4 is 19.7 Å². The van der Waals surface area contributed by atoms with Gasteiger partial charge in [-0.25, -0.2) is 0 Å².